The zero-order chi connectivity index (χ0) is 21.0. The largest absolute Gasteiger partial charge is 0.386 e. The third kappa shape index (κ3) is 4.35. The van der Waals surface area contributed by atoms with Crippen LogP contribution >= 0.6 is 0 Å². The second-order valence-electron chi connectivity index (χ2n) is 7.91. The molecule has 7 heteroatoms. The number of nitrogens with one attached hydrogen (secondary N) is 1. The molecule has 1 unspecified atom stereocenters. The van der Waals surface area contributed by atoms with Crippen LogP contribution in [0.15, 0.2) is 53.9 Å². The number of carbonyl (C=O) groups excluding carboxylic acids is 2. The van der Waals surface area contributed by atoms with E-state index < -0.39 is 5.60 Å². The number of aromatic nitrogens is 1. The molecule has 2 aromatic rings. The molecule has 1 atom stereocenters. The normalized spacial score (nSPS) is 20.6. The summed E-state index contributed by atoms with van der Waals surface area (Å²) in [5.41, 5.74) is 2.62. The average molecular weight is 406 g/mol. The topological polar surface area (TPSA) is 83.9 Å². The molecule has 1 N–H and O–H groups in total. The third-order valence-electron chi connectivity index (χ3n) is 5.74. The summed E-state index contributed by atoms with van der Waals surface area (Å²) < 4.78 is 0. The number of piperidine rings is 1. The Morgan fingerprint density at radius 2 is 1.90 bits per heavy atom. The fraction of sp³-hybridized carbons (Fsp3) is 0.391. The van der Waals surface area contributed by atoms with Crippen molar-refractivity contribution in [3.05, 3.63) is 65.5 Å². The minimum atomic E-state index is -0.611. The van der Waals surface area contributed by atoms with Gasteiger partial charge in [0.2, 0.25) is 0 Å². The maximum absolute atomic E-state index is 13.0. The van der Waals surface area contributed by atoms with E-state index in [4.69, 9.17) is 4.84 Å². The molecule has 2 aliphatic rings. The van der Waals surface area contributed by atoms with Gasteiger partial charge in [0.05, 0.1) is 6.54 Å². The minimum Gasteiger partial charge on any atom is -0.386 e. The third-order valence-corrected chi connectivity index (χ3v) is 5.74. The Kier molecular flexibility index (Phi) is 5.79. The van der Waals surface area contributed by atoms with Crippen LogP contribution in [0, 0.1) is 0 Å². The maximum atomic E-state index is 13.0. The first kappa shape index (κ1) is 20.1. The summed E-state index contributed by atoms with van der Waals surface area (Å²) >= 11 is 0. The Morgan fingerprint density at radius 3 is 2.63 bits per heavy atom. The molecule has 0 radical (unpaired) electrons. The molecule has 3 heterocycles. The van der Waals surface area contributed by atoms with Crippen molar-refractivity contribution in [3.63, 3.8) is 0 Å². The van der Waals surface area contributed by atoms with E-state index in [0.717, 1.165) is 24.8 Å². The lowest BCUT2D eigenvalue weighted by atomic mass is 9.87. The van der Waals surface area contributed by atoms with Crippen molar-refractivity contribution in [2.24, 2.45) is 5.16 Å². The number of likely N-dealkylation sites (tertiary alicyclic amines) is 1. The van der Waals surface area contributed by atoms with Crippen molar-refractivity contribution in [2.45, 2.75) is 44.8 Å². The van der Waals surface area contributed by atoms with Gasteiger partial charge in [-0.1, -0.05) is 24.2 Å². The number of rotatable bonds is 5. The number of hydrogen-bond acceptors (Lipinski definition) is 5. The summed E-state index contributed by atoms with van der Waals surface area (Å²) in [6.07, 6.45) is 6.33. The number of nitrogens with zero attached hydrogens (tertiary/aromatic N) is 3. The highest BCUT2D eigenvalue weighted by atomic mass is 16.7. The molecule has 1 aromatic heterocycles. The SMILES string of the molecule is CCc1ccc(C(=O)N2CCCC3(CC(C(=O)NCc4ccncc4)=NO3)C2)cc1. The number of aryl methyl sites for hydroxylation is 1. The molecule has 1 spiro atoms. The maximum Gasteiger partial charge on any atom is 0.269 e. The van der Waals surface area contributed by atoms with Crippen molar-refractivity contribution in [1.29, 1.82) is 0 Å². The zero-order valence-electron chi connectivity index (χ0n) is 17.1. The minimum absolute atomic E-state index is 0.00378. The molecule has 0 saturated carbocycles. The molecule has 30 heavy (non-hydrogen) atoms. The quantitative estimate of drug-likeness (QED) is 0.828. The van der Waals surface area contributed by atoms with Crippen LogP contribution in [0.25, 0.3) is 0 Å². The van der Waals surface area contributed by atoms with Gasteiger partial charge in [-0.15, -0.1) is 0 Å². The smallest absolute Gasteiger partial charge is 0.269 e. The van der Waals surface area contributed by atoms with Crippen LogP contribution in [0.2, 0.25) is 0 Å². The van der Waals surface area contributed by atoms with E-state index in [1.807, 2.05) is 41.3 Å². The fourth-order valence-corrected chi connectivity index (χ4v) is 3.98. The van der Waals surface area contributed by atoms with Crippen molar-refractivity contribution in [1.82, 2.24) is 15.2 Å². The molecular weight excluding hydrogens is 380 g/mol. The van der Waals surface area contributed by atoms with E-state index in [1.165, 1.54) is 5.56 Å². The van der Waals surface area contributed by atoms with Crippen LogP contribution in [0.5, 0.6) is 0 Å². The molecule has 0 bridgehead atoms. The summed E-state index contributed by atoms with van der Waals surface area (Å²) in [5.74, 6) is -0.238. The monoisotopic (exact) mass is 406 g/mol. The van der Waals surface area contributed by atoms with Gasteiger partial charge < -0.3 is 15.1 Å². The van der Waals surface area contributed by atoms with E-state index in [2.05, 4.69) is 22.4 Å². The number of pyridine rings is 1. The highest BCUT2D eigenvalue weighted by molar-refractivity contribution is 6.39. The molecule has 7 nitrogen and oxygen atoms in total. The predicted octanol–water partition coefficient (Wildman–Crippen LogP) is 2.71. The molecular formula is C23H26N4O3. The fourth-order valence-electron chi connectivity index (χ4n) is 3.98. The van der Waals surface area contributed by atoms with Crippen molar-refractivity contribution >= 4 is 17.5 Å². The van der Waals surface area contributed by atoms with Crippen LogP contribution in [0.1, 0.15) is 47.7 Å². The number of hydrogen-bond donors (Lipinski definition) is 1. The van der Waals surface area contributed by atoms with E-state index in [-0.39, 0.29) is 11.8 Å². The van der Waals surface area contributed by atoms with Gasteiger partial charge in [0.1, 0.15) is 5.71 Å². The lowest BCUT2D eigenvalue weighted by Crippen LogP contribution is -2.51. The van der Waals surface area contributed by atoms with Gasteiger partial charge in [-0.05, 0) is 54.7 Å². The average Bonchev–Trinajstić information content (AvgIpc) is 3.20. The second-order valence-corrected chi connectivity index (χ2v) is 7.91. The Morgan fingerprint density at radius 1 is 1.13 bits per heavy atom. The summed E-state index contributed by atoms with van der Waals surface area (Å²) in [6, 6.07) is 11.5. The molecule has 1 saturated heterocycles. The Bertz CT molecular complexity index is 943. The molecule has 1 aromatic carbocycles. The number of amides is 2. The van der Waals surface area contributed by atoms with E-state index in [0.29, 0.717) is 37.3 Å². The first-order valence-corrected chi connectivity index (χ1v) is 10.4. The van der Waals surface area contributed by atoms with Gasteiger partial charge >= 0.3 is 0 Å². The van der Waals surface area contributed by atoms with Crippen LogP contribution in [-0.2, 0) is 22.6 Å². The van der Waals surface area contributed by atoms with Crippen molar-refractivity contribution in [3.8, 4) is 0 Å². The summed E-state index contributed by atoms with van der Waals surface area (Å²) in [7, 11) is 0. The number of benzene rings is 1. The zero-order valence-corrected chi connectivity index (χ0v) is 17.1. The van der Waals surface area contributed by atoms with Crippen LogP contribution < -0.4 is 5.32 Å². The second kappa shape index (κ2) is 8.65. The van der Waals surface area contributed by atoms with E-state index in [9.17, 15) is 9.59 Å². The number of carbonyl (C=O) groups is 2. The van der Waals surface area contributed by atoms with Gasteiger partial charge in [0.25, 0.3) is 11.8 Å². The van der Waals surface area contributed by atoms with Crippen LogP contribution in [0.3, 0.4) is 0 Å². The van der Waals surface area contributed by atoms with Crippen molar-refractivity contribution < 1.29 is 14.4 Å². The molecule has 2 aliphatic heterocycles. The van der Waals surface area contributed by atoms with E-state index >= 15 is 0 Å². The predicted molar refractivity (Wildman–Crippen MR) is 113 cm³/mol. The van der Waals surface area contributed by atoms with E-state index in [1.54, 1.807) is 12.4 Å². The summed E-state index contributed by atoms with van der Waals surface area (Å²) in [6.45, 7) is 3.62. The lowest BCUT2D eigenvalue weighted by molar-refractivity contribution is -0.115. The van der Waals surface area contributed by atoms with Gasteiger partial charge in [0.15, 0.2) is 5.60 Å². The molecule has 2 amide bonds. The first-order valence-electron chi connectivity index (χ1n) is 10.4. The van der Waals surface area contributed by atoms with Crippen molar-refractivity contribution in [2.75, 3.05) is 13.1 Å². The Labute approximate surface area is 176 Å². The molecule has 156 valence electrons. The molecule has 4 rings (SSSR count). The van der Waals surface area contributed by atoms with Gasteiger partial charge in [-0.25, -0.2) is 0 Å². The van der Waals surface area contributed by atoms with Crippen LogP contribution in [-0.4, -0.2) is 46.1 Å². The Balaban J connectivity index is 1.36. The summed E-state index contributed by atoms with van der Waals surface area (Å²) in [4.78, 5) is 37.0. The van der Waals surface area contributed by atoms with Gasteiger partial charge in [0, 0.05) is 37.5 Å². The van der Waals surface area contributed by atoms with Crippen LogP contribution in [0.4, 0.5) is 0 Å². The Hall–Kier alpha value is -3.22. The van der Waals surface area contributed by atoms with Gasteiger partial charge in [-0.2, -0.15) is 0 Å². The first-order chi connectivity index (χ1) is 14.6. The molecule has 1 fully saturated rings. The number of oxime groups is 1. The highest BCUT2D eigenvalue weighted by Gasteiger charge is 2.45. The summed E-state index contributed by atoms with van der Waals surface area (Å²) in [5, 5.41) is 6.94. The molecule has 0 aliphatic carbocycles. The lowest BCUT2D eigenvalue weighted by Gasteiger charge is -2.38. The van der Waals surface area contributed by atoms with Gasteiger partial charge in [-0.3, -0.25) is 14.6 Å². The highest BCUT2D eigenvalue weighted by Crippen LogP contribution is 2.34. The standard InChI is InChI=1S/C23H26N4O3/c1-2-17-4-6-19(7-5-17)22(29)27-13-3-10-23(16-27)14-20(26-30-23)21(28)25-15-18-8-11-24-12-9-18/h4-9,11-12H,2-3,10,13-16H2,1H3,(H,25,28).